The van der Waals surface area contributed by atoms with E-state index < -0.39 is 0 Å². The molecule has 12 heavy (non-hydrogen) atoms. The van der Waals surface area contributed by atoms with Gasteiger partial charge in [0.1, 0.15) is 0 Å². The molecule has 0 saturated carbocycles. The van der Waals surface area contributed by atoms with Gasteiger partial charge in [-0.05, 0) is 12.8 Å². The van der Waals surface area contributed by atoms with Gasteiger partial charge in [-0.15, -0.1) is 0 Å². The molecule has 0 N–H and O–H groups in total. The normalized spacial score (nSPS) is 12.6. The van der Waals surface area contributed by atoms with Crippen LogP contribution in [0.5, 0.6) is 0 Å². The van der Waals surface area contributed by atoms with Gasteiger partial charge in [0, 0.05) is 7.11 Å². The van der Waals surface area contributed by atoms with Crippen LogP contribution < -0.4 is 0 Å². The van der Waals surface area contributed by atoms with Gasteiger partial charge in [-0.3, -0.25) is 4.79 Å². The third-order valence-electron chi connectivity index (χ3n) is 1.65. The summed E-state index contributed by atoms with van der Waals surface area (Å²) in [4.78, 5) is 11.0. The van der Waals surface area contributed by atoms with E-state index in [1.54, 1.807) is 7.11 Å². The van der Waals surface area contributed by atoms with Crippen molar-refractivity contribution in [2.75, 3.05) is 13.7 Å². The largest absolute Gasteiger partial charge is 0.466 e. The summed E-state index contributed by atoms with van der Waals surface area (Å²) < 4.78 is 9.96. The minimum atomic E-state index is -0.162. The number of ether oxygens (including phenoxy) is 2. The highest BCUT2D eigenvalue weighted by Crippen LogP contribution is 2.03. The van der Waals surface area contributed by atoms with Gasteiger partial charge < -0.3 is 9.47 Å². The molecule has 0 aliphatic carbocycles. The van der Waals surface area contributed by atoms with Crippen LogP contribution in [-0.4, -0.2) is 25.8 Å². The number of rotatable bonds is 6. The van der Waals surface area contributed by atoms with Crippen molar-refractivity contribution in [3.63, 3.8) is 0 Å². The summed E-state index contributed by atoms with van der Waals surface area (Å²) in [5.74, 6) is -0.162. The average Bonchev–Trinajstić information content (AvgIpc) is 2.10. The zero-order chi connectivity index (χ0) is 9.40. The summed E-state index contributed by atoms with van der Waals surface area (Å²) in [6.07, 6.45) is 2.09. The molecule has 0 radical (unpaired) electrons. The molecule has 0 spiro atoms. The summed E-state index contributed by atoms with van der Waals surface area (Å²) in [6.45, 7) is 4.47. The van der Waals surface area contributed by atoms with Gasteiger partial charge >= 0.3 is 5.97 Å². The average molecular weight is 174 g/mol. The highest BCUT2D eigenvalue weighted by Gasteiger charge is 2.11. The molecule has 0 bridgehead atoms. The molecule has 0 aromatic heterocycles. The van der Waals surface area contributed by atoms with Crippen LogP contribution in [0.4, 0.5) is 0 Å². The SMILES string of the molecule is CCCOC(=O)CC(CC)OC. The molecular weight excluding hydrogens is 156 g/mol. The summed E-state index contributed by atoms with van der Waals surface area (Å²) in [5.41, 5.74) is 0. The lowest BCUT2D eigenvalue weighted by atomic mass is 10.2. The van der Waals surface area contributed by atoms with E-state index >= 15 is 0 Å². The van der Waals surface area contributed by atoms with Crippen LogP contribution in [0.1, 0.15) is 33.1 Å². The molecule has 3 nitrogen and oxygen atoms in total. The van der Waals surface area contributed by atoms with Crippen molar-refractivity contribution in [2.24, 2.45) is 0 Å². The van der Waals surface area contributed by atoms with Gasteiger partial charge in [-0.2, -0.15) is 0 Å². The maximum absolute atomic E-state index is 11.0. The predicted molar refractivity (Wildman–Crippen MR) is 47.0 cm³/mol. The summed E-state index contributed by atoms with van der Waals surface area (Å²) in [7, 11) is 1.61. The summed E-state index contributed by atoms with van der Waals surface area (Å²) in [5, 5.41) is 0. The molecule has 0 fully saturated rings. The van der Waals surface area contributed by atoms with E-state index in [0.29, 0.717) is 13.0 Å². The maximum atomic E-state index is 11.0. The number of carbonyl (C=O) groups is 1. The number of hydrogen-bond donors (Lipinski definition) is 0. The minimum Gasteiger partial charge on any atom is -0.466 e. The first-order valence-corrected chi connectivity index (χ1v) is 4.43. The quantitative estimate of drug-likeness (QED) is 0.575. The minimum absolute atomic E-state index is 0.00866. The summed E-state index contributed by atoms with van der Waals surface area (Å²) >= 11 is 0. The Morgan fingerprint density at radius 2 is 2.08 bits per heavy atom. The van der Waals surface area contributed by atoms with Crippen LogP contribution in [0.2, 0.25) is 0 Å². The Bertz CT molecular complexity index is 119. The van der Waals surface area contributed by atoms with Crippen molar-refractivity contribution in [3.05, 3.63) is 0 Å². The molecule has 0 heterocycles. The second-order valence-corrected chi connectivity index (χ2v) is 2.69. The van der Waals surface area contributed by atoms with Crippen molar-refractivity contribution >= 4 is 5.97 Å². The van der Waals surface area contributed by atoms with Crippen molar-refractivity contribution in [2.45, 2.75) is 39.2 Å². The molecule has 0 rings (SSSR count). The van der Waals surface area contributed by atoms with Gasteiger partial charge in [0.15, 0.2) is 0 Å². The molecule has 0 aliphatic rings. The van der Waals surface area contributed by atoms with Crippen molar-refractivity contribution in [1.29, 1.82) is 0 Å². The van der Waals surface area contributed by atoms with E-state index in [1.165, 1.54) is 0 Å². The lowest BCUT2D eigenvalue weighted by molar-refractivity contribution is -0.146. The molecule has 0 saturated heterocycles. The van der Waals surface area contributed by atoms with E-state index in [2.05, 4.69) is 0 Å². The van der Waals surface area contributed by atoms with Crippen LogP contribution in [0.15, 0.2) is 0 Å². The Labute approximate surface area is 74.0 Å². The Balaban J connectivity index is 3.52. The molecule has 0 amide bonds. The molecule has 3 heteroatoms. The van der Waals surface area contributed by atoms with E-state index in [-0.39, 0.29) is 12.1 Å². The first-order valence-electron chi connectivity index (χ1n) is 4.43. The van der Waals surface area contributed by atoms with Crippen LogP contribution in [-0.2, 0) is 14.3 Å². The second kappa shape index (κ2) is 7.10. The third-order valence-corrected chi connectivity index (χ3v) is 1.65. The summed E-state index contributed by atoms with van der Waals surface area (Å²) in [6, 6.07) is 0. The van der Waals surface area contributed by atoms with Gasteiger partial charge in [0.2, 0.25) is 0 Å². The monoisotopic (exact) mass is 174 g/mol. The van der Waals surface area contributed by atoms with Gasteiger partial charge in [0.05, 0.1) is 19.1 Å². The fraction of sp³-hybridized carbons (Fsp3) is 0.889. The fourth-order valence-corrected chi connectivity index (χ4v) is 0.855. The van der Waals surface area contributed by atoms with Crippen LogP contribution >= 0.6 is 0 Å². The number of hydrogen-bond acceptors (Lipinski definition) is 3. The first-order chi connectivity index (χ1) is 5.74. The molecule has 0 aliphatic heterocycles. The molecule has 0 aromatic rings. The van der Waals surface area contributed by atoms with Crippen molar-refractivity contribution < 1.29 is 14.3 Å². The van der Waals surface area contributed by atoms with Gasteiger partial charge in [0.25, 0.3) is 0 Å². The zero-order valence-electron chi connectivity index (χ0n) is 8.13. The lowest BCUT2D eigenvalue weighted by Crippen LogP contribution is -2.17. The Morgan fingerprint density at radius 1 is 1.42 bits per heavy atom. The Kier molecular flexibility index (Phi) is 6.76. The van der Waals surface area contributed by atoms with Crippen molar-refractivity contribution in [1.82, 2.24) is 0 Å². The highest BCUT2D eigenvalue weighted by molar-refractivity contribution is 5.69. The Morgan fingerprint density at radius 3 is 2.50 bits per heavy atom. The van der Waals surface area contributed by atoms with E-state index in [1.807, 2.05) is 13.8 Å². The predicted octanol–water partition coefficient (Wildman–Crippen LogP) is 1.75. The third kappa shape index (κ3) is 5.13. The van der Waals surface area contributed by atoms with E-state index in [4.69, 9.17) is 9.47 Å². The zero-order valence-corrected chi connectivity index (χ0v) is 8.13. The van der Waals surface area contributed by atoms with E-state index in [9.17, 15) is 4.79 Å². The molecule has 72 valence electrons. The molecule has 0 aromatic carbocycles. The number of carbonyl (C=O) groups excluding carboxylic acids is 1. The van der Waals surface area contributed by atoms with Crippen LogP contribution in [0, 0.1) is 0 Å². The molecule has 1 atom stereocenters. The van der Waals surface area contributed by atoms with Crippen LogP contribution in [0.25, 0.3) is 0 Å². The molecule has 1 unspecified atom stereocenters. The molecular formula is C9H18O3. The lowest BCUT2D eigenvalue weighted by Gasteiger charge is -2.11. The number of methoxy groups -OCH3 is 1. The maximum Gasteiger partial charge on any atom is 0.308 e. The Hall–Kier alpha value is -0.570. The topological polar surface area (TPSA) is 35.5 Å². The van der Waals surface area contributed by atoms with E-state index in [0.717, 1.165) is 12.8 Å². The number of esters is 1. The standard InChI is InChI=1S/C9H18O3/c1-4-6-12-9(10)7-8(5-2)11-3/h8H,4-7H2,1-3H3. The highest BCUT2D eigenvalue weighted by atomic mass is 16.5. The van der Waals surface area contributed by atoms with Gasteiger partial charge in [-0.25, -0.2) is 0 Å². The van der Waals surface area contributed by atoms with Crippen LogP contribution in [0.3, 0.4) is 0 Å². The smallest absolute Gasteiger partial charge is 0.308 e. The fourth-order valence-electron chi connectivity index (χ4n) is 0.855. The first kappa shape index (κ1) is 11.4. The van der Waals surface area contributed by atoms with Crippen molar-refractivity contribution in [3.8, 4) is 0 Å². The second-order valence-electron chi connectivity index (χ2n) is 2.69. The van der Waals surface area contributed by atoms with Gasteiger partial charge in [-0.1, -0.05) is 13.8 Å².